The van der Waals surface area contributed by atoms with E-state index in [0.29, 0.717) is 19.6 Å². The highest BCUT2D eigenvalue weighted by Gasteiger charge is 2.09. The van der Waals surface area contributed by atoms with Crippen molar-refractivity contribution in [3.63, 3.8) is 0 Å². The van der Waals surface area contributed by atoms with Crippen LogP contribution in [0.1, 0.15) is 24.5 Å². The number of benzene rings is 3. The van der Waals surface area contributed by atoms with Crippen molar-refractivity contribution in [2.45, 2.75) is 26.3 Å². The quantitative estimate of drug-likeness (QED) is 0.577. The minimum Gasteiger partial charge on any atom is -0.493 e. The number of rotatable bonds is 8. The van der Waals surface area contributed by atoms with Gasteiger partial charge in [0, 0.05) is 12.1 Å². The van der Waals surface area contributed by atoms with Crippen LogP contribution in [0.4, 0.5) is 4.39 Å². The monoisotopic (exact) mass is 337 g/mol. The van der Waals surface area contributed by atoms with Crippen molar-refractivity contribution in [3.05, 3.63) is 77.6 Å². The minimum atomic E-state index is -0.138. The van der Waals surface area contributed by atoms with Gasteiger partial charge in [-0.2, -0.15) is 0 Å². The highest BCUT2D eigenvalue weighted by molar-refractivity contribution is 5.87. The van der Waals surface area contributed by atoms with Crippen LogP contribution < -0.4 is 10.1 Å². The van der Waals surface area contributed by atoms with Crippen molar-refractivity contribution in [3.8, 4) is 5.75 Å². The standard InChI is InChI=1S/C22H24FNO/c1-2-15-25-22-12-11-17-7-3-5-9-19(17)20(22)16-24-14-13-18-8-4-6-10-21(18)23/h3-12,24H,2,13-16H2,1H3. The first-order valence-corrected chi connectivity index (χ1v) is 8.87. The lowest BCUT2D eigenvalue weighted by Crippen LogP contribution is -2.18. The van der Waals surface area contributed by atoms with E-state index in [9.17, 15) is 4.39 Å². The summed E-state index contributed by atoms with van der Waals surface area (Å²) in [5.74, 6) is 0.792. The minimum absolute atomic E-state index is 0.138. The van der Waals surface area contributed by atoms with Gasteiger partial charge in [-0.15, -0.1) is 0 Å². The summed E-state index contributed by atoms with van der Waals surface area (Å²) >= 11 is 0. The zero-order chi connectivity index (χ0) is 17.5. The van der Waals surface area contributed by atoms with E-state index in [0.717, 1.165) is 24.3 Å². The molecule has 0 bridgehead atoms. The lowest BCUT2D eigenvalue weighted by atomic mass is 10.0. The van der Waals surface area contributed by atoms with E-state index in [1.54, 1.807) is 6.07 Å². The highest BCUT2D eigenvalue weighted by Crippen LogP contribution is 2.28. The van der Waals surface area contributed by atoms with E-state index in [1.165, 1.54) is 22.4 Å². The van der Waals surface area contributed by atoms with Gasteiger partial charge in [-0.05, 0) is 47.9 Å². The van der Waals surface area contributed by atoms with E-state index in [2.05, 4.69) is 36.5 Å². The van der Waals surface area contributed by atoms with Crippen LogP contribution in [0.3, 0.4) is 0 Å². The Balaban J connectivity index is 1.71. The largest absolute Gasteiger partial charge is 0.493 e. The molecule has 3 heteroatoms. The molecule has 3 aromatic rings. The van der Waals surface area contributed by atoms with E-state index < -0.39 is 0 Å². The molecule has 0 radical (unpaired) electrons. The van der Waals surface area contributed by atoms with Crippen molar-refractivity contribution in [2.24, 2.45) is 0 Å². The molecule has 25 heavy (non-hydrogen) atoms. The lowest BCUT2D eigenvalue weighted by molar-refractivity contribution is 0.314. The van der Waals surface area contributed by atoms with Gasteiger partial charge < -0.3 is 10.1 Å². The molecule has 2 nitrogen and oxygen atoms in total. The average molecular weight is 337 g/mol. The van der Waals surface area contributed by atoms with Crippen molar-refractivity contribution >= 4 is 10.8 Å². The second kappa shape index (κ2) is 8.63. The molecule has 0 fully saturated rings. The SMILES string of the molecule is CCCOc1ccc2ccccc2c1CNCCc1ccccc1F. The molecule has 0 aliphatic rings. The topological polar surface area (TPSA) is 21.3 Å². The molecule has 0 unspecified atom stereocenters. The van der Waals surface area contributed by atoms with Crippen molar-refractivity contribution in [2.75, 3.05) is 13.2 Å². The Morgan fingerprint density at radius 3 is 2.60 bits per heavy atom. The van der Waals surface area contributed by atoms with E-state index in [1.807, 2.05) is 24.3 Å². The number of halogens is 1. The molecular weight excluding hydrogens is 313 g/mol. The molecule has 0 atom stereocenters. The van der Waals surface area contributed by atoms with Gasteiger partial charge in [0.15, 0.2) is 0 Å². The lowest BCUT2D eigenvalue weighted by Gasteiger charge is -2.15. The summed E-state index contributed by atoms with van der Waals surface area (Å²) in [5, 5.41) is 5.85. The predicted octanol–water partition coefficient (Wildman–Crippen LogP) is 5.10. The van der Waals surface area contributed by atoms with Gasteiger partial charge in [-0.3, -0.25) is 0 Å². The van der Waals surface area contributed by atoms with Crippen molar-refractivity contribution < 1.29 is 9.13 Å². The number of ether oxygens (including phenoxy) is 1. The molecular formula is C22H24FNO. The zero-order valence-corrected chi connectivity index (χ0v) is 14.6. The maximum Gasteiger partial charge on any atom is 0.126 e. The molecule has 0 aromatic heterocycles. The molecule has 0 spiro atoms. The highest BCUT2D eigenvalue weighted by atomic mass is 19.1. The summed E-state index contributed by atoms with van der Waals surface area (Å²) in [6.45, 7) is 4.24. The summed E-state index contributed by atoms with van der Waals surface area (Å²) < 4.78 is 19.6. The first-order valence-electron chi connectivity index (χ1n) is 8.87. The molecule has 3 aromatic carbocycles. The normalized spacial score (nSPS) is 11.0. The van der Waals surface area contributed by atoms with Crippen molar-refractivity contribution in [1.29, 1.82) is 0 Å². The molecule has 0 saturated carbocycles. The third-order valence-corrected chi connectivity index (χ3v) is 4.29. The molecule has 0 amide bonds. The maximum absolute atomic E-state index is 13.7. The Labute approximate surface area is 148 Å². The summed E-state index contributed by atoms with van der Waals surface area (Å²) in [6.07, 6.45) is 1.65. The number of nitrogens with one attached hydrogen (secondary N) is 1. The van der Waals surface area contributed by atoms with Crippen LogP contribution in [0.5, 0.6) is 5.75 Å². The van der Waals surface area contributed by atoms with Gasteiger partial charge in [0.25, 0.3) is 0 Å². The van der Waals surface area contributed by atoms with Gasteiger partial charge in [0.1, 0.15) is 11.6 Å². The predicted molar refractivity (Wildman–Crippen MR) is 102 cm³/mol. The Morgan fingerprint density at radius 2 is 1.76 bits per heavy atom. The van der Waals surface area contributed by atoms with Crippen LogP contribution >= 0.6 is 0 Å². The van der Waals surface area contributed by atoms with Crippen LogP contribution in [0.25, 0.3) is 10.8 Å². The summed E-state index contributed by atoms with van der Waals surface area (Å²) in [7, 11) is 0. The molecule has 3 rings (SSSR count). The number of fused-ring (bicyclic) bond motifs is 1. The van der Waals surface area contributed by atoms with E-state index in [-0.39, 0.29) is 5.82 Å². The first-order chi connectivity index (χ1) is 12.3. The summed E-state index contributed by atoms with van der Waals surface area (Å²) in [6, 6.07) is 19.4. The molecule has 130 valence electrons. The second-order valence-corrected chi connectivity index (χ2v) is 6.13. The Bertz CT molecular complexity index is 831. The second-order valence-electron chi connectivity index (χ2n) is 6.13. The van der Waals surface area contributed by atoms with Gasteiger partial charge in [0.05, 0.1) is 6.61 Å². The molecule has 0 aliphatic heterocycles. The number of hydrogen-bond acceptors (Lipinski definition) is 2. The molecule has 0 heterocycles. The maximum atomic E-state index is 13.7. The molecule has 0 aliphatic carbocycles. The Kier molecular flexibility index (Phi) is 6.02. The third-order valence-electron chi connectivity index (χ3n) is 4.29. The fraction of sp³-hybridized carbons (Fsp3) is 0.273. The van der Waals surface area contributed by atoms with Gasteiger partial charge >= 0.3 is 0 Å². The number of hydrogen-bond donors (Lipinski definition) is 1. The van der Waals surface area contributed by atoms with Gasteiger partial charge in [-0.25, -0.2) is 4.39 Å². The Morgan fingerprint density at radius 1 is 0.960 bits per heavy atom. The van der Waals surface area contributed by atoms with Crippen molar-refractivity contribution in [1.82, 2.24) is 5.32 Å². The van der Waals surface area contributed by atoms with Crippen LogP contribution in [0, 0.1) is 5.82 Å². The summed E-state index contributed by atoms with van der Waals surface area (Å²) in [5.41, 5.74) is 1.91. The van der Waals surface area contributed by atoms with Gasteiger partial charge in [-0.1, -0.05) is 55.5 Å². The van der Waals surface area contributed by atoms with Crippen LogP contribution in [-0.2, 0) is 13.0 Å². The zero-order valence-electron chi connectivity index (χ0n) is 14.6. The molecule has 1 N–H and O–H groups in total. The third kappa shape index (κ3) is 4.37. The first kappa shape index (κ1) is 17.4. The fourth-order valence-electron chi connectivity index (χ4n) is 2.98. The average Bonchev–Trinajstić information content (AvgIpc) is 2.65. The Hall–Kier alpha value is -2.39. The summed E-state index contributed by atoms with van der Waals surface area (Å²) in [4.78, 5) is 0. The van der Waals surface area contributed by atoms with Crippen LogP contribution in [0.2, 0.25) is 0 Å². The van der Waals surface area contributed by atoms with Crippen LogP contribution in [-0.4, -0.2) is 13.2 Å². The smallest absolute Gasteiger partial charge is 0.126 e. The van der Waals surface area contributed by atoms with E-state index in [4.69, 9.17) is 4.74 Å². The van der Waals surface area contributed by atoms with Gasteiger partial charge in [0.2, 0.25) is 0 Å². The molecule has 0 saturated heterocycles. The van der Waals surface area contributed by atoms with E-state index >= 15 is 0 Å². The van der Waals surface area contributed by atoms with Crippen LogP contribution in [0.15, 0.2) is 60.7 Å². The fourth-order valence-corrected chi connectivity index (χ4v) is 2.98.